The zero-order valence-corrected chi connectivity index (χ0v) is 15.5. The Kier molecular flexibility index (Phi) is 5.30. The van der Waals surface area contributed by atoms with Gasteiger partial charge >= 0.3 is 0 Å². The zero-order valence-electron chi connectivity index (χ0n) is 15.5. The minimum Gasteiger partial charge on any atom is -0.384 e. The molecule has 0 aliphatic carbocycles. The molecule has 1 amide bonds. The number of carbonyl (C=O) groups excluding carboxylic acids is 1. The van der Waals surface area contributed by atoms with Gasteiger partial charge in [0.15, 0.2) is 0 Å². The van der Waals surface area contributed by atoms with Crippen molar-refractivity contribution in [3.63, 3.8) is 0 Å². The van der Waals surface area contributed by atoms with Crippen molar-refractivity contribution < 1.29 is 4.79 Å². The Balaban J connectivity index is 1.70. The van der Waals surface area contributed by atoms with Crippen LogP contribution in [0.25, 0.3) is 11.3 Å². The van der Waals surface area contributed by atoms with Crippen molar-refractivity contribution in [1.29, 1.82) is 0 Å². The van der Waals surface area contributed by atoms with Crippen LogP contribution >= 0.6 is 0 Å². The largest absolute Gasteiger partial charge is 0.384 e. The Bertz CT molecular complexity index is 906. The van der Waals surface area contributed by atoms with E-state index in [0.717, 1.165) is 5.56 Å². The van der Waals surface area contributed by atoms with Crippen molar-refractivity contribution in [1.82, 2.24) is 30.0 Å². The van der Waals surface area contributed by atoms with Gasteiger partial charge in [0.1, 0.15) is 18.5 Å². The summed E-state index contributed by atoms with van der Waals surface area (Å²) in [5, 5.41) is 6.98. The van der Waals surface area contributed by atoms with Crippen molar-refractivity contribution in [2.75, 3.05) is 24.7 Å². The molecule has 0 aliphatic rings. The molecule has 0 saturated carbocycles. The Morgan fingerprint density at radius 3 is 2.63 bits per heavy atom. The fourth-order valence-corrected chi connectivity index (χ4v) is 2.55. The lowest BCUT2D eigenvalue weighted by atomic mass is 10.1. The third-order valence-electron chi connectivity index (χ3n) is 3.88. The van der Waals surface area contributed by atoms with E-state index < -0.39 is 0 Å². The smallest absolute Gasteiger partial charge is 0.251 e. The summed E-state index contributed by atoms with van der Waals surface area (Å²) in [7, 11) is 3.71. The SMILES string of the molecule is C[C@@H](Cn1cncn1)NC(=O)c1ccc(-c2cc(N)nc(N(C)C)n2)cc1. The fourth-order valence-electron chi connectivity index (χ4n) is 2.55. The quantitative estimate of drug-likeness (QED) is 0.673. The number of nitrogens with two attached hydrogens (primary N) is 1. The van der Waals surface area contributed by atoms with Crippen LogP contribution < -0.4 is 16.0 Å². The van der Waals surface area contributed by atoms with E-state index in [9.17, 15) is 4.79 Å². The van der Waals surface area contributed by atoms with Gasteiger partial charge in [-0.15, -0.1) is 0 Å². The standard InChI is InChI=1S/C18H22N8O/c1-12(9-26-11-20-10-21-26)22-17(27)14-6-4-13(5-7-14)15-8-16(19)24-18(23-15)25(2)3/h4-8,10-12H,9H2,1-3H3,(H,22,27)(H2,19,23,24)/t12-/m0/s1. The molecule has 3 rings (SSSR count). The van der Waals surface area contributed by atoms with Gasteiger partial charge in [0.05, 0.1) is 12.2 Å². The normalized spacial score (nSPS) is 11.8. The highest BCUT2D eigenvalue weighted by molar-refractivity contribution is 5.94. The first-order valence-electron chi connectivity index (χ1n) is 8.48. The molecular weight excluding hydrogens is 344 g/mol. The minimum absolute atomic E-state index is 0.0804. The highest BCUT2D eigenvalue weighted by Crippen LogP contribution is 2.21. The summed E-state index contributed by atoms with van der Waals surface area (Å²) in [6.07, 6.45) is 3.09. The van der Waals surface area contributed by atoms with Crippen molar-refractivity contribution in [3.8, 4) is 11.3 Å². The molecule has 1 aromatic carbocycles. The number of aromatic nitrogens is 5. The van der Waals surface area contributed by atoms with E-state index >= 15 is 0 Å². The van der Waals surface area contributed by atoms with Crippen LogP contribution in [-0.4, -0.2) is 50.8 Å². The highest BCUT2D eigenvalue weighted by Gasteiger charge is 2.12. The first-order valence-corrected chi connectivity index (χ1v) is 8.48. The molecule has 2 aromatic heterocycles. The van der Waals surface area contributed by atoms with E-state index in [0.29, 0.717) is 29.6 Å². The third-order valence-corrected chi connectivity index (χ3v) is 3.88. The number of nitrogen functional groups attached to an aromatic ring is 1. The molecule has 27 heavy (non-hydrogen) atoms. The van der Waals surface area contributed by atoms with Crippen LogP contribution in [0.15, 0.2) is 43.0 Å². The van der Waals surface area contributed by atoms with E-state index in [1.807, 2.05) is 33.2 Å². The van der Waals surface area contributed by atoms with Crippen molar-refractivity contribution in [2.24, 2.45) is 0 Å². The van der Waals surface area contributed by atoms with Gasteiger partial charge in [-0.1, -0.05) is 12.1 Å². The third kappa shape index (κ3) is 4.57. The summed E-state index contributed by atoms with van der Waals surface area (Å²) in [6, 6.07) is 8.85. The fraction of sp³-hybridized carbons (Fsp3) is 0.278. The van der Waals surface area contributed by atoms with Crippen LogP contribution in [0.5, 0.6) is 0 Å². The first kappa shape index (κ1) is 18.3. The molecule has 1 atom stereocenters. The van der Waals surface area contributed by atoms with Gasteiger partial charge in [-0.3, -0.25) is 9.48 Å². The van der Waals surface area contributed by atoms with Crippen LogP contribution in [0.2, 0.25) is 0 Å². The number of rotatable bonds is 6. The summed E-state index contributed by atoms with van der Waals surface area (Å²) in [4.78, 5) is 26.8. The summed E-state index contributed by atoms with van der Waals surface area (Å²) in [6.45, 7) is 2.47. The van der Waals surface area contributed by atoms with Gasteiger partial charge in [-0.2, -0.15) is 10.1 Å². The average Bonchev–Trinajstić information content (AvgIpc) is 3.14. The Hall–Kier alpha value is -3.49. The topological polar surface area (TPSA) is 115 Å². The summed E-state index contributed by atoms with van der Waals surface area (Å²) < 4.78 is 1.68. The predicted molar refractivity (Wildman–Crippen MR) is 103 cm³/mol. The molecule has 0 bridgehead atoms. The van der Waals surface area contributed by atoms with Gasteiger partial charge < -0.3 is 16.0 Å². The van der Waals surface area contributed by atoms with Crippen LogP contribution in [0, 0.1) is 0 Å². The number of hydrogen-bond acceptors (Lipinski definition) is 7. The van der Waals surface area contributed by atoms with E-state index in [2.05, 4.69) is 25.4 Å². The number of nitrogens with zero attached hydrogens (tertiary/aromatic N) is 6. The van der Waals surface area contributed by atoms with Crippen LogP contribution in [-0.2, 0) is 6.54 Å². The van der Waals surface area contributed by atoms with E-state index in [4.69, 9.17) is 5.73 Å². The molecule has 9 nitrogen and oxygen atoms in total. The summed E-state index contributed by atoms with van der Waals surface area (Å²) in [5.74, 6) is 0.784. The lowest BCUT2D eigenvalue weighted by Crippen LogP contribution is -2.35. The second-order valence-corrected chi connectivity index (χ2v) is 6.44. The van der Waals surface area contributed by atoms with Gasteiger partial charge in [0.2, 0.25) is 5.95 Å². The molecule has 0 saturated heterocycles. The van der Waals surface area contributed by atoms with E-state index in [1.54, 1.807) is 34.1 Å². The second kappa shape index (κ2) is 7.81. The Labute approximate surface area is 157 Å². The molecular formula is C18H22N8O. The van der Waals surface area contributed by atoms with Crippen LogP contribution in [0.4, 0.5) is 11.8 Å². The molecule has 0 fully saturated rings. The first-order chi connectivity index (χ1) is 12.9. The predicted octanol–water partition coefficient (Wildman–Crippen LogP) is 1.20. The maximum Gasteiger partial charge on any atom is 0.251 e. The maximum atomic E-state index is 12.4. The van der Waals surface area contributed by atoms with Crippen molar-refractivity contribution in [2.45, 2.75) is 19.5 Å². The number of benzene rings is 1. The number of nitrogens with one attached hydrogen (secondary N) is 1. The molecule has 2 heterocycles. The van der Waals surface area contributed by atoms with Crippen molar-refractivity contribution in [3.05, 3.63) is 48.5 Å². The zero-order chi connectivity index (χ0) is 19.4. The summed E-state index contributed by atoms with van der Waals surface area (Å²) in [5.41, 5.74) is 8.00. The second-order valence-electron chi connectivity index (χ2n) is 6.44. The highest BCUT2D eigenvalue weighted by atomic mass is 16.1. The average molecular weight is 366 g/mol. The van der Waals surface area contributed by atoms with E-state index in [-0.39, 0.29) is 11.9 Å². The molecule has 0 unspecified atom stereocenters. The van der Waals surface area contributed by atoms with Gasteiger partial charge in [-0.25, -0.2) is 9.97 Å². The number of carbonyl (C=O) groups is 1. The van der Waals surface area contributed by atoms with E-state index in [1.165, 1.54) is 6.33 Å². The molecule has 3 aromatic rings. The molecule has 0 spiro atoms. The Morgan fingerprint density at radius 1 is 1.26 bits per heavy atom. The van der Waals surface area contributed by atoms with Gasteiger partial charge in [0.25, 0.3) is 5.91 Å². The monoisotopic (exact) mass is 366 g/mol. The lowest BCUT2D eigenvalue weighted by molar-refractivity contribution is 0.0936. The minimum atomic E-state index is -0.148. The maximum absolute atomic E-state index is 12.4. The number of amides is 1. The summed E-state index contributed by atoms with van der Waals surface area (Å²) >= 11 is 0. The Morgan fingerprint density at radius 2 is 2.00 bits per heavy atom. The molecule has 0 radical (unpaired) electrons. The van der Waals surface area contributed by atoms with Gasteiger partial charge in [-0.05, 0) is 19.1 Å². The van der Waals surface area contributed by atoms with Crippen LogP contribution in [0.1, 0.15) is 17.3 Å². The van der Waals surface area contributed by atoms with Gasteiger partial charge in [0, 0.05) is 37.3 Å². The van der Waals surface area contributed by atoms with Crippen LogP contribution in [0.3, 0.4) is 0 Å². The lowest BCUT2D eigenvalue weighted by Gasteiger charge is -2.14. The molecule has 140 valence electrons. The van der Waals surface area contributed by atoms with Crippen molar-refractivity contribution >= 4 is 17.7 Å². The number of hydrogen-bond donors (Lipinski definition) is 2. The molecule has 3 N–H and O–H groups in total. The molecule has 0 aliphatic heterocycles. The number of anilines is 2. The molecule has 9 heteroatoms.